The number of hydrogen-bond donors (Lipinski definition) is 1. The van der Waals surface area contributed by atoms with E-state index in [4.69, 9.17) is 0 Å². The van der Waals surface area contributed by atoms with Crippen LogP contribution >= 0.6 is 0 Å². The molecule has 0 rings (SSSR count). The Morgan fingerprint density at radius 2 is 1.61 bits per heavy atom. The fourth-order valence-electron chi connectivity index (χ4n) is 2.09. The van der Waals surface area contributed by atoms with Gasteiger partial charge in [0.25, 0.3) is 0 Å². The Labute approximate surface area is 115 Å². The largest absolute Gasteiger partial charge is 0.314 e. The van der Waals surface area contributed by atoms with Gasteiger partial charge in [0.05, 0.1) is 0 Å². The van der Waals surface area contributed by atoms with Crippen LogP contribution < -0.4 is 5.32 Å². The van der Waals surface area contributed by atoms with Gasteiger partial charge in [0, 0.05) is 6.04 Å². The molecule has 3 heteroatoms. The second-order valence-corrected chi connectivity index (χ2v) is 5.81. The molecule has 0 aromatic rings. The summed E-state index contributed by atoms with van der Waals surface area (Å²) < 4.78 is 0. The van der Waals surface area contributed by atoms with Crippen molar-refractivity contribution in [1.82, 2.24) is 15.1 Å². The van der Waals surface area contributed by atoms with Crippen molar-refractivity contribution in [1.29, 1.82) is 0 Å². The van der Waals surface area contributed by atoms with Gasteiger partial charge in [-0.25, -0.2) is 0 Å². The van der Waals surface area contributed by atoms with E-state index in [1.807, 2.05) is 0 Å². The van der Waals surface area contributed by atoms with Gasteiger partial charge in [0.1, 0.15) is 0 Å². The Bertz CT molecular complexity index is 171. The highest BCUT2D eigenvalue weighted by Crippen LogP contribution is 2.02. The Kier molecular flexibility index (Phi) is 11.9. The van der Waals surface area contributed by atoms with Gasteiger partial charge in [-0.15, -0.1) is 0 Å². The van der Waals surface area contributed by atoms with E-state index in [2.05, 4.69) is 50.1 Å². The lowest BCUT2D eigenvalue weighted by Crippen LogP contribution is -2.27. The first-order chi connectivity index (χ1) is 8.56. The average molecular weight is 257 g/mol. The molecule has 1 N–H and O–H groups in total. The zero-order valence-electron chi connectivity index (χ0n) is 13.3. The normalized spacial score (nSPS) is 13.5. The molecule has 0 aliphatic heterocycles. The Morgan fingerprint density at radius 1 is 0.944 bits per heavy atom. The molecule has 0 saturated heterocycles. The second-order valence-electron chi connectivity index (χ2n) is 5.81. The number of hydrogen-bond acceptors (Lipinski definition) is 3. The minimum atomic E-state index is 0.684. The van der Waals surface area contributed by atoms with Crippen LogP contribution in [0, 0.1) is 0 Å². The third-order valence-corrected chi connectivity index (χ3v) is 3.31. The van der Waals surface area contributed by atoms with E-state index in [9.17, 15) is 0 Å². The van der Waals surface area contributed by atoms with Gasteiger partial charge in [-0.1, -0.05) is 13.3 Å². The van der Waals surface area contributed by atoms with Gasteiger partial charge in [-0.2, -0.15) is 0 Å². The lowest BCUT2D eigenvalue weighted by molar-refractivity contribution is 0.292. The first-order valence-electron chi connectivity index (χ1n) is 7.63. The quantitative estimate of drug-likeness (QED) is 0.542. The highest BCUT2D eigenvalue weighted by molar-refractivity contribution is 4.61. The van der Waals surface area contributed by atoms with Crippen molar-refractivity contribution in [3.05, 3.63) is 0 Å². The number of unbranched alkanes of at least 4 members (excludes halogenated alkanes) is 1. The van der Waals surface area contributed by atoms with E-state index in [0.29, 0.717) is 6.04 Å². The summed E-state index contributed by atoms with van der Waals surface area (Å²) >= 11 is 0. The molecule has 1 atom stereocenters. The van der Waals surface area contributed by atoms with Crippen LogP contribution in [0.5, 0.6) is 0 Å². The molecule has 110 valence electrons. The zero-order valence-corrected chi connectivity index (χ0v) is 13.3. The molecule has 0 aromatic carbocycles. The molecule has 0 heterocycles. The van der Waals surface area contributed by atoms with E-state index in [0.717, 1.165) is 6.54 Å². The molecular formula is C15H35N3. The maximum Gasteiger partial charge on any atom is 0.00387 e. The third kappa shape index (κ3) is 12.3. The molecule has 0 saturated carbocycles. The van der Waals surface area contributed by atoms with Gasteiger partial charge in [-0.3, -0.25) is 0 Å². The van der Waals surface area contributed by atoms with Crippen molar-refractivity contribution in [2.45, 2.75) is 52.0 Å². The summed E-state index contributed by atoms with van der Waals surface area (Å²) in [5.74, 6) is 0. The van der Waals surface area contributed by atoms with E-state index in [-0.39, 0.29) is 0 Å². The lowest BCUT2D eigenvalue weighted by atomic mass is 10.1. The summed E-state index contributed by atoms with van der Waals surface area (Å²) in [6.45, 7) is 9.35. The van der Waals surface area contributed by atoms with E-state index >= 15 is 0 Å². The zero-order chi connectivity index (χ0) is 13.8. The predicted octanol–water partition coefficient (Wildman–Crippen LogP) is 2.43. The summed E-state index contributed by atoms with van der Waals surface area (Å²) in [5.41, 5.74) is 0. The van der Waals surface area contributed by atoms with E-state index in [1.54, 1.807) is 0 Å². The Morgan fingerprint density at radius 3 is 2.22 bits per heavy atom. The van der Waals surface area contributed by atoms with Crippen molar-refractivity contribution in [2.24, 2.45) is 0 Å². The monoisotopic (exact) mass is 257 g/mol. The molecule has 0 fully saturated rings. The lowest BCUT2D eigenvalue weighted by Gasteiger charge is -2.18. The summed E-state index contributed by atoms with van der Waals surface area (Å²) in [7, 11) is 6.53. The average Bonchev–Trinajstić information content (AvgIpc) is 2.31. The van der Waals surface area contributed by atoms with E-state index in [1.165, 1.54) is 51.7 Å². The maximum atomic E-state index is 3.55. The van der Waals surface area contributed by atoms with Crippen LogP contribution in [0.15, 0.2) is 0 Å². The number of nitrogens with zero attached hydrogens (tertiary/aromatic N) is 2. The van der Waals surface area contributed by atoms with Gasteiger partial charge < -0.3 is 15.1 Å². The smallest absolute Gasteiger partial charge is 0.00387 e. The molecule has 0 amide bonds. The first-order valence-corrected chi connectivity index (χ1v) is 7.63. The maximum absolute atomic E-state index is 3.55. The van der Waals surface area contributed by atoms with Gasteiger partial charge in [0.15, 0.2) is 0 Å². The van der Waals surface area contributed by atoms with Crippen LogP contribution in [-0.4, -0.2) is 63.2 Å². The van der Waals surface area contributed by atoms with Gasteiger partial charge >= 0.3 is 0 Å². The minimum Gasteiger partial charge on any atom is -0.314 e. The summed E-state index contributed by atoms with van der Waals surface area (Å²) in [4.78, 5) is 4.72. The predicted molar refractivity (Wildman–Crippen MR) is 82.3 cm³/mol. The number of nitrogens with one attached hydrogen (secondary N) is 1. The number of rotatable bonds is 12. The third-order valence-electron chi connectivity index (χ3n) is 3.31. The Balaban J connectivity index is 3.31. The van der Waals surface area contributed by atoms with Crippen LogP contribution in [0.4, 0.5) is 0 Å². The molecule has 18 heavy (non-hydrogen) atoms. The first kappa shape index (κ1) is 17.9. The molecule has 0 spiro atoms. The summed E-state index contributed by atoms with van der Waals surface area (Å²) in [5, 5.41) is 3.55. The Hall–Kier alpha value is -0.120. The standard InChI is InChI=1S/C15H35N3/c1-6-11-16-15(2)10-7-8-13-18(5)14-9-12-17(3)4/h15-16H,6-14H2,1-5H3. The summed E-state index contributed by atoms with van der Waals surface area (Å²) in [6, 6.07) is 0.684. The molecule has 0 bridgehead atoms. The van der Waals surface area contributed by atoms with Crippen molar-refractivity contribution in [3.63, 3.8) is 0 Å². The molecule has 0 radical (unpaired) electrons. The molecular weight excluding hydrogens is 222 g/mol. The van der Waals surface area contributed by atoms with Crippen LogP contribution in [-0.2, 0) is 0 Å². The van der Waals surface area contributed by atoms with Crippen LogP contribution in [0.2, 0.25) is 0 Å². The topological polar surface area (TPSA) is 18.5 Å². The minimum absolute atomic E-state index is 0.684. The van der Waals surface area contributed by atoms with Crippen molar-refractivity contribution in [2.75, 3.05) is 47.3 Å². The van der Waals surface area contributed by atoms with Gasteiger partial charge in [0.2, 0.25) is 0 Å². The van der Waals surface area contributed by atoms with Crippen molar-refractivity contribution in [3.8, 4) is 0 Å². The van der Waals surface area contributed by atoms with Crippen molar-refractivity contribution < 1.29 is 0 Å². The second kappa shape index (κ2) is 11.9. The molecule has 0 aromatic heterocycles. The molecule has 1 unspecified atom stereocenters. The fourth-order valence-corrected chi connectivity index (χ4v) is 2.09. The van der Waals surface area contributed by atoms with E-state index < -0.39 is 0 Å². The molecule has 3 nitrogen and oxygen atoms in total. The highest BCUT2D eigenvalue weighted by atomic mass is 15.1. The van der Waals surface area contributed by atoms with Crippen LogP contribution in [0.3, 0.4) is 0 Å². The van der Waals surface area contributed by atoms with Gasteiger partial charge in [-0.05, 0) is 79.9 Å². The summed E-state index contributed by atoms with van der Waals surface area (Å²) in [6.07, 6.45) is 6.49. The van der Waals surface area contributed by atoms with Crippen LogP contribution in [0.25, 0.3) is 0 Å². The highest BCUT2D eigenvalue weighted by Gasteiger charge is 2.02. The molecule has 0 aliphatic carbocycles. The SMILES string of the molecule is CCCNC(C)CCCCN(C)CCCN(C)C. The van der Waals surface area contributed by atoms with Crippen molar-refractivity contribution >= 4 is 0 Å². The molecule has 0 aliphatic rings. The fraction of sp³-hybridized carbons (Fsp3) is 1.00. The van der Waals surface area contributed by atoms with Crippen LogP contribution in [0.1, 0.15) is 46.0 Å².